The van der Waals surface area contributed by atoms with Crippen molar-refractivity contribution in [1.29, 1.82) is 0 Å². The molecule has 94 valence electrons. The summed E-state index contributed by atoms with van der Waals surface area (Å²) in [6.45, 7) is 0. The molecule has 0 bridgehead atoms. The smallest absolute Gasteiger partial charge is 0.262 e. The molecule has 0 fully saturated rings. The van der Waals surface area contributed by atoms with Gasteiger partial charge in [-0.3, -0.25) is 14.8 Å². The summed E-state index contributed by atoms with van der Waals surface area (Å²) in [6.07, 6.45) is 3.24. The van der Waals surface area contributed by atoms with Crippen LogP contribution in [0.25, 0.3) is 11.6 Å². The molecule has 0 unspecified atom stereocenters. The zero-order valence-electron chi connectivity index (χ0n) is 9.68. The monoisotopic (exact) mass is 271 g/mol. The fraction of sp³-hybridized carbons (Fsp3) is 0. The molecule has 1 aromatic carbocycles. The minimum absolute atomic E-state index is 0.0881. The summed E-state index contributed by atoms with van der Waals surface area (Å²) in [7, 11) is 0. The number of para-hydroxylation sites is 1. The van der Waals surface area contributed by atoms with Gasteiger partial charge >= 0.3 is 0 Å². The maximum atomic E-state index is 11.8. The van der Waals surface area contributed by atoms with Crippen molar-refractivity contribution in [3.63, 3.8) is 0 Å². The minimum atomic E-state index is -0.438. The van der Waals surface area contributed by atoms with Gasteiger partial charge in [-0.1, -0.05) is 18.2 Å². The normalized spacial score (nSPS) is 14.8. The first kappa shape index (κ1) is 11.6. The van der Waals surface area contributed by atoms with Gasteiger partial charge < -0.3 is 10.1 Å². The number of H-pyrrole nitrogens is 2. The molecule has 0 aliphatic carbocycles. The molecule has 5 nitrogen and oxygen atoms in total. The van der Waals surface area contributed by atoms with Crippen molar-refractivity contribution >= 4 is 35.8 Å². The highest BCUT2D eigenvalue weighted by Crippen LogP contribution is 2.32. The van der Waals surface area contributed by atoms with Crippen LogP contribution in [-0.4, -0.2) is 21.3 Å². The maximum Gasteiger partial charge on any atom is 0.262 e. The number of benzene rings is 1. The molecular weight excluding hydrogens is 262 g/mol. The van der Waals surface area contributed by atoms with E-state index < -0.39 is 5.56 Å². The van der Waals surface area contributed by atoms with Crippen molar-refractivity contribution in [3.05, 3.63) is 50.5 Å². The molecule has 2 heterocycles. The standard InChI is InChI=1S/C13H9N3O2S/c17-11-9(12(18)16-13(19)15-11)5-7-6-14-10-4-2-1-3-8(7)10/h1-6H,(H3,15,16,17,18,19)/b7-5-. The van der Waals surface area contributed by atoms with E-state index in [1.807, 2.05) is 24.3 Å². The Labute approximate surface area is 113 Å². The largest absolute Gasteiger partial charge is 0.494 e. The second kappa shape index (κ2) is 4.33. The third kappa shape index (κ3) is 2.02. The molecule has 1 aliphatic rings. The number of allylic oxidation sites excluding steroid dienone is 1. The second-order valence-electron chi connectivity index (χ2n) is 4.05. The highest BCUT2D eigenvalue weighted by Gasteiger charge is 2.13. The van der Waals surface area contributed by atoms with Crippen LogP contribution in [0.4, 0.5) is 5.69 Å². The van der Waals surface area contributed by atoms with E-state index >= 15 is 0 Å². The Balaban J connectivity index is 2.18. The van der Waals surface area contributed by atoms with Gasteiger partial charge in [-0.05, 0) is 24.4 Å². The summed E-state index contributed by atoms with van der Waals surface area (Å²) in [6, 6.07) is 7.58. The first-order valence-electron chi connectivity index (χ1n) is 5.56. The van der Waals surface area contributed by atoms with Crippen LogP contribution in [0.3, 0.4) is 0 Å². The van der Waals surface area contributed by atoms with Gasteiger partial charge in [-0.2, -0.15) is 0 Å². The fourth-order valence-corrected chi connectivity index (χ4v) is 2.12. The van der Waals surface area contributed by atoms with Crippen LogP contribution in [0.5, 0.6) is 5.88 Å². The number of hydrogen-bond acceptors (Lipinski definition) is 4. The van der Waals surface area contributed by atoms with Gasteiger partial charge in [0.25, 0.3) is 5.56 Å². The molecule has 1 aromatic heterocycles. The summed E-state index contributed by atoms with van der Waals surface area (Å²) in [5.74, 6) is -0.251. The first-order valence-corrected chi connectivity index (χ1v) is 5.97. The molecule has 6 heteroatoms. The molecule has 0 saturated carbocycles. The van der Waals surface area contributed by atoms with Crippen LogP contribution in [-0.2, 0) is 0 Å². The molecule has 0 atom stereocenters. The van der Waals surface area contributed by atoms with Crippen molar-refractivity contribution in [1.82, 2.24) is 9.97 Å². The third-order valence-electron chi connectivity index (χ3n) is 2.82. The van der Waals surface area contributed by atoms with Gasteiger partial charge in [0.05, 0.1) is 5.69 Å². The molecule has 1 aliphatic heterocycles. The summed E-state index contributed by atoms with van der Waals surface area (Å²) in [5.41, 5.74) is 2.22. The Morgan fingerprint density at radius 3 is 2.84 bits per heavy atom. The van der Waals surface area contributed by atoms with E-state index in [1.165, 1.54) is 0 Å². The van der Waals surface area contributed by atoms with Gasteiger partial charge in [0.2, 0.25) is 5.88 Å². The predicted octanol–water partition coefficient (Wildman–Crippen LogP) is 2.39. The Kier molecular flexibility index (Phi) is 2.64. The number of fused-ring (bicyclic) bond motifs is 1. The van der Waals surface area contributed by atoms with Crippen molar-refractivity contribution < 1.29 is 5.11 Å². The molecule has 0 spiro atoms. The number of aliphatic imine (C=N–C) groups is 1. The molecule has 0 amide bonds. The van der Waals surface area contributed by atoms with Gasteiger partial charge in [0.1, 0.15) is 5.56 Å². The van der Waals surface area contributed by atoms with Crippen LogP contribution < -0.4 is 5.56 Å². The van der Waals surface area contributed by atoms with E-state index in [2.05, 4.69) is 15.0 Å². The molecule has 3 rings (SSSR count). The lowest BCUT2D eigenvalue weighted by Gasteiger charge is -2.01. The summed E-state index contributed by atoms with van der Waals surface area (Å²) in [5, 5.41) is 9.75. The van der Waals surface area contributed by atoms with Crippen LogP contribution >= 0.6 is 12.2 Å². The molecule has 0 saturated heterocycles. The number of rotatable bonds is 1. The van der Waals surface area contributed by atoms with Gasteiger partial charge in [0.15, 0.2) is 4.77 Å². The molecule has 2 aromatic rings. The van der Waals surface area contributed by atoms with E-state index in [0.717, 1.165) is 16.8 Å². The van der Waals surface area contributed by atoms with E-state index in [9.17, 15) is 9.90 Å². The number of nitrogens with zero attached hydrogens (tertiary/aromatic N) is 1. The lowest BCUT2D eigenvalue weighted by molar-refractivity contribution is 0.448. The first-order chi connectivity index (χ1) is 9.15. The van der Waals surface area contributed by atoms with Crippen LogP contribution in [0.1, 0.15) is 11.1 Å². The van der Waals surface area contributed by atoms with Gasteiger partial charge in [-0.25, -0.2) is 0 Å². The van der Waals surface area contributed by atoms with Gasteiger partial charge in [0, 0.05) is 17.4 Å². The van der Waals surface area contributed by atoms with Crippen molar-refractivity contribution in [3.8, 4) is 5.88 Å². The Morgan fingerprint density at radius 1 is 1.26 bits per heavy atom. The zero-order chi connectivity index (χ0) is 13.4. The zero-order valence-corrected chi connectivity index (χ0v) is 10.5. The van der Waals surface area contributed by atoms with E-state index in [0.29, 0.717) is 0 Å². The number of hydrogen-bond donors (Lipinski definition) is 3. The molecule has 0 radical (unpaired) electrons. The SMILES string of the molecule is O=c1[nH]c(=S)[nH]c(O)c1/C=C1/C=Nc2ccccc21. The van der Waals surface area contributed by atoms with Crippen molar-refractivity contribution in [2.24, 2.45) is 4.99 Å². The summed E-state index contributed by atoms with van der Waals surface area (Å²) >= 11 is 4.77. The third-order valence-corrected chi connectivity index (χ3v) is 3.02. The van der Waals surface area contributed by atoms with Crippen molar-refractivity contribution in [2.75, 3.05) is 0 Å². The Hall–Kier alpha value is -2.47. The van der Waals surface area contributed by atoms with Crippen LogP contribution in [0.15, 0.2) is 34.1 Å². The number of nitrogens with one attached hydrogen (secondary N) is 2. The topological polar surface area (TPSA) is 81.2 Å². The van der Waals surface area contributed by atoms with Crippen LogP contribution in [0, 0.1) is 4.77 Å². The quantitative estimate of drug-likeness (QED) is 0.696. The van der Waals surface area contributed by atoms with E-state index in [4.69, 9.17) is 12.2 Å². The number of aromatic amines is 2. The number of aromatic nitrogens is 2. The van der Waals surface area contributed by atoms with Crippen LogP contribution in [0.2, 0.25) is 0 Å². The second-order valence-corrected chi connectivity index (χ2v) is 4.45. The highest BCUT2D eigenvalue weighted by atomic mass is 32.1. The van der Waals surface area contributed by atoms with Gasteiger partial charge in [-0.15, -0.1) is 0 Å². The average Bonchev–Trinajstić information content (AvgIpc) is 2.77. The fourth-order valence-electron chi connectivity index (χ4n) is 1.93. The molecule has 19 heavy (non-hydrogen) atoms. The maximum absolute atomic E-state index is 11.8. The molecule has 3 N–H and O–H groups in total. The minimum Gasteiger partial charge on any atom is -0.494 e. The average molecular weight is 271 g/mol. The van der Waals surface area contributed by atoms with E-state index in [-0.39, 0.29) is 16.2 Å². The lowest BCUT2D eigenvalue weighted by Crippen LogP contribution is -2.11. The Morgan fingerprint density at radius 2 is 2.05 bits per heavy atom. The predicted molar refractivity (Wildman–Crippen MR) is 76.4 cm³/mol. The highest BCUT2D eigenvalue weighted by molar-refractivity contribution is 7.71. The van der Waals surface area contributed by atoms with Crippen molar-refractivity contribution in [2.45, 2.75) is 0 Å². The number of aromatic hydroxyl groups is 1. The van der Waals surface area contributed by atoms with E-state index in [1.54, 1.807) is 12.3 Å². The lowest BCUT2D eigenvalue weighted by atomic mass is 10.1. The summed E-state index contributed by atoms with van der Waals surface area (Å²) < 4.78 is 0.0881. The molecular formula is C13H9N3O2S. The Bertz CT molecular complexity index is 830. The summed E-state index contributed by atoms with van der Waals surface area (Å²) in [4.78, 5) is 20.9.